The lowest BCUT2D eigenvalue weighted by Crippen LogP contribution is -2.40. The van der Waals surface area contributed by atoms with E-state index in [1.807, 2.05) is 49.6 Å². The summed E-state index contributed by atoms with van der Waals surface area (Å²) in [6, 6.07) is 13.3. The molecule has 0 aliphatic carbocycles. The van der Waals surface area contributed by atoms with E-state index in [4.69, 9.17) is 18.9 Å². The van der Waals surface area contributed by atoms with Gasteiger partial charge in [0.1, 0.15) is 5.75 Å². The number of fused-ring (bicyclic) bond motifs is 1. The third-order valence-corrected chi connectivity index (χ3v) is 8.77. The Kier molecular flexibility index (Phi) is 10.5. The molecule has 0 unspecified atom stereocenters. The molecule has 13 heteroatoms. The predicted octanol–water partition coefficient (Wildman–Crippen LogP) is 4.08. The van der Waals surface area contributed by atoms with Crippen molar-refractivity contribution < 1.29 is 38.1 Å². The average molecular weight is 688 g/mol. The molecule has 12 nitrogen and oxygen atoms in total. The first-order valence-electron chi connectivity index (χ1n) is 15.6. The molecule has 0 fully saturated rings. The van der Waals surface area contributed by atoms with E-state index >= 15 is 0 Å². The van der Waals surface area contributed by atoms with Gasteiger partial charge in [-0.25, -0.2) is 14.6 Å². The summed E-state index contributed by atoms with van der Waals surface area (Å²) in [5.41, 5.74) is 4.41. The Morgan fingerprint density at radius 1 is 0.959 bits per heavy atom. The van der Waals surface area contributed by atoms with E-state index in [0.29, 0.717) is 44.4 Å². The molecule has 0 N–H and O–H groups in total. The highest BCUT2D eigenvalue weighted by Crippen LogP contribution is 2.36. The first-order chi connectivity index (χ1) is 23.5. The zero-order valence-electron chi connectivity index (χ0n) is 28.3. The molecule has 0 bridgehead atoms. The molecule has 1 aliphatic rings. The number of nitrogens with zero attached hydrogens (tertiary/aromatic N) is 3. The fourth-order valence-electron chi connectivity index (χ4n) is 5.69. The Morgan fingerprint density at radius 2 is 1.69 bits per heavy atom. The van der Waals surface area contributed by atoms with Crippen molar-refractivity contribution >= 4 is 35.3 Å². The summed E-state index contributed by atoms with van der Waals surface area (Å²) in [6.07, 6.45) is 1.83. The summed E-state index contributed by atoms with van der Waals surface area (Å²) in [4.78, 5) is 55.9. The van der Waals surface area contributed by atoms with Crippen LogP contribution in [0.15, 0.2) is 69.6 Å². The summed E-state index contributed by atoms with van der Waals surface area (Å²) in [5, 5.41) is 0. The number of allylic oxidation sites excluding steroid dienone is 1. The fourth-order valence-corrected chi connectivity index (χ4v) is 6.72. The molecule has 5 rings (SSSR count). The zero-order chi connectivity index (χ0) is 35.4. The number of thiazole rings is 1. The second-order valence-electron chi connectivity index (χ2n) is 11.1. The van der Waals surface area contributed by atoms with Crippen molar-refractivity contribution in [3.63, 3.8) is 0 Å². The van der Waals surface area contributed by atoms with Crippen LogP contribution in [-0.2, 0) is 23.9 Å². The lowest BCUT2D eigenvalue weighted by atomic mass is 9.95. The highest BCUT2D eigenvalue weighted by atomic mass is 32.1. The highest BCUT2D eigenvalue weighted by molar-refractivity contribution is 7.07. The van der Waals surface area contributed by atoms with E-state index in [1.54, 1.807) is 44.2 Å². The minimum atomic E-state index is -0.880. The smallest absolute Gasteiger partial charge is 0.343 e. The molecule has 0 radical (unpaired) electrons. The van der Waals surface area contributed by atoms with Gasteiger partial charge in [0, 0.05) is 24.0 Å². The molecule has 0 saturated heterocycles. The van der Waals surface area contributed by atoms with Crippen LogP contribution in [0.3, 0.4) is 0 Å². The molecule has 4 aromatic rings. The van der Waals surface area contributed by atoms with Crippen molar-refractivity contribution in [2.45, 2.75) is 47.6 Å². The molecule has 0 spiro atoms. The number of carbonyl (C=O) groups excluding carboxylic acids is 3. The van der Waals surface area contributed by atoms with Crippen LogP contribution < -0.4 is 29.1 Å². The Bertz CT molecular complexity index is 2140. The number of esters is 3. The second kappa shape index (κ2) is 14.8. The van der Waals surface area contributed by atoms with Crippen molar-refractivity contribution in [2.75, 3.05) is 26.9 Å². The molecule has 0 amide bonds. The van der Waals surface area contributed by atoms with E-state index in [9.17, 15) is 19.2 Å². The van der Waals surface area contributed by atoms with Gasteiger partial charge in [-0.2, -0.15) is 0 Å². The number of hydrogen-bond donors (Lipinski definition) is 0. The third-order valence-electron chi connectivity index (χ3n) is 7.79. The normalized spacial score (nSPS) is 14.2. The van der Waals surface area contributed by atoms with Crippen molar-refractivity contribution in [1.29, 1.82) is 0 Å². The fraction of sp³-hybridized carbons (Fsp3) is 0.306. The Morgan fingerprint density at radius 3 is 2.35 bits per heavy atom. The van der Waals surface area contributed by atoms with E-state index < -0.39 is 23.9 Å². The Balaban J connectivity index is 1.62. The SMILES string of the molecule is CCOC(=O)C1=C(C)N=c2s/c(=C\c3cc(C)n(-c4ccc(OC(C)=O)cc4)c3C)c(=O)n2[C@@H]1c1ccc(OCC(=O)OC)c(OCC)c1. The predicted molar refractivity (Wildman–Crippen MR) is 182 cm³/mol. The standard InChI is InChI=1S/C36H37N3O9S/c1-8-45-29-17-24(10-15-28(29)47-19-31(41)44-7)33-32(35(43)46-9-2)21(4)37-36-39(33)34(42)30(49-36)18-25-16-20(3)38(22(25)5)26-11-13-27(14-12-26)48-23(6)40/h10-18,33H,8-9,19H2,1-7H3/b30-18-/t33-/m1/s1. The summed E-state index contributed by atoms with van der Waals surface area (Å²) in [5.74, 6) is -0.456. The van der Waals surface area contributed by atoms with Gasteiger partial charge in [-0.15, -0.1) is 0 Å². The quantitative estimate of drug-likeness (QED) is 0.169. The van der Waals surface area contributed by atoms with Gasteiger partial charge < -0.3 is 28.3 Å². The monoisotopic (exact) mass is 687 g/mol. The van der Waals surface area contributed by atoms with Crippen LogP contribution in [-0.4, -0.2) is 54.0 Å². The number of hydrogen-bond acceptors (Lipinski definition) is 11. The van der Waals surface area contributed by atoms with Crippen molar-refractivity contribution in [1.82, 2.24) is 9.13 Å². The third kappa shape index (κ3) is 7.21. The van der Waals surface area contributed by atoms with Crippen LogP contribution in [0.25, 0.3) is 11.8 Å². The van der Waals surface area contributed by atoms with Gasteiger partial charge in [-0.05, 0) is 94.3 Å². The van der Waals surface area contributed by atoms with Crippen LogP contribution in [0, 0.1) is 13.8 Å². The van der Waals surface area contributed by atoms with Crippen LogP contribution in [0.1, 0.15) is 56.3 Å². The van der Waals surface area contributed by atoms with Gasteiger partial charge in [-0.1, -0.05) is 17.4 Å². The molecule has 2 aromatic heterocycles. The maximum atomic E-state index is 14.3. The van der Waals surface area contributed by atoms with Gasteiger partial charge in [0.05, 0.1) is 42.2 Å². The first kappa shape index (κ1) is 34.9. The molecular formula is C36H37N3O9S. The van der Waals surface area contributed by atoms with E-state index in [1.165, 1.54) is 29.9 Å². The summed E-state index contributed by atoms with van der Waals surface area (Å²) < 4.78 is 30.8. The van der Waals surface area contributed by atoms with Crippen LogP contribution in [0.5, 0.6) is 17.2 Å². The molecule has 49 heavy (non-hydrogen) atoms. The number of rotatable bonds is 11. The maximum absolute atomic E-state index is 14.3. The number of carbonyl (C=O) groups is 3. The first-order valence-corrected chi connectivity index (χ1v) is 16.4. The Labute approximate surface area is 286 Å². The van der Waals surface area contributed by atoms with Gasteiger partial charge in [0.25, 0.3) is 5.56 Å². The number of aromatic nitrogens is 2. The largest absolute Gasteiger partial charge is 0.490 e. The van der Waals surface area contributed by atoms with Gasteiger partial charge in [0.15, 0.2) is 22.9 Å². The molecule has 1 atom stereocenters. The average Bonchev–Trinajstić information content (AvgIpc) is 3.52. The lowest BCUT2D eigenvalue weighted by molar-refractivity contribution is -0.143. The molecule has 256 valence electrons. The van der Waals surface area contributed by atoms with Crippen LogP contribution in [0.2, 0.25) is 0 Å². The van der Waals surface area contributed by atoms with Crippen LogP contribution >= 0.6 is 11.3 Å². The van der Waals surface area contributed by atoms with Crippen molar-refractivity contribution in [3.05, 3.63) is 102 Å². The van der Waals surface area contributed by atoms with Crippen molar-refractivity contribution in [2.24, 2.45) is 4.99 Å². The van der Waals surface area contributed by atoms with E-state index in [-0.39, 0.29) is 24.3 Å². The summed E-state index contributed by atoms with van der Waals surface area (Å²) >= 11 is 1.22. The number of methoxy groups -OCH3 is 1. The minimum Gasteiger partial charge on any atom is -0.490 e. The van der Waals surface area contributed by atoms with E-state index in [2.05, 4.69) is 9.73 Å². The zero-order valence-corrected chi connectivity index (χ0v) is 29.1. The lowest BCUT2D eigenvalue weighted by Gasteiger charge is -2.25. The maximum Gasteiger partial charge on any atom is 0.343 e. The van der Waals surface area contributed by atoms with Gasteiger partial charge in [-0.3, -0.25) is 14.2 Å². The topological polar surface area (TPSA) is 137 Å². The Hall–Kier alpha value is -5.43. The minimum absolute atomic E-state index is 0.138. The molecule has 2 aromatic carbocycles. The van der Waals surface area contributed by atoms with E-state index in [0.717, 1.165) is 22.6 Å². The number of ether oxygens (including phenoxy) is 5. The summed E-state index contributed by atoms with van der Waals surface area (Å²) in [7, 11) is 1.27. The van der Waals surface area contributed by atoms with Crippen molar-refractivity contribution in [3.8, 4) is 22.9 Å². The van der Waals surface area contributed by atoms with Crippen LogP contribution in [0.4, 0.5) is 0 Å². The van der Waals surface area contributed by atoms with Gasteiger partial charge >= 0.3 is 17.9 Å². The number of benzene rings is 2. The summed E-state index contributed by atoms with van der Waals surface area (Å²) in [6.45, 7) is 10.6. The molecule has 1 aliphatic heterocycles. The molecule has 3 heterocycles. The van der Waals surface area contributed by atoms with Gasteiger partial charge in [0.2, 0.25) is 0 Å². The number of aryl methyl sites for hydroxylation is 1. The molecular weight excluding hydrogens is 650 g/mol. The second-order valence-corrected chi connectivity index (χ2v) is 12.1. The molecule has 0 saturated carbocycles. The highest BCUT2D eigenvalue weighted by Gasteiger charge is 2.34.